The highest BCUT2D eigenvalue weighted by Crippen LogP contribution is 2.15. The van der Waals surface area contributed by atoms with Crippen molar-refractivity contribution < 1.29 is 28.6 Å². The summed E-state index contributed by atoms with van der Waals surface area (Å²) in [5, 5.41) is 11.7. The number of hydrogen-bond donors (Lipinski definition) is 1. The van der Waals surface area contributed by atoms with Gasteiger partial charge >= 0.3 is 11.9 Å². The van der Waals surface area contributed by atoms with Crippen LogP contribution in [0.3, 0.4) is 0 Å². The molecule has 0 aliphatic carbocycles. The lowest BCUT2D eigenvalue weighted by molar-refractivity contribution is -0.142. The van der Waals surface area contributed by atoms with Gasteiger partial charge in [-0.1, -0.05) is 12.1 Å². The molecule has 1 amide bonds. The fraction of sp³-hybridized carbons (Fsp3) is 0.217. The number of methoxy groups -OCH3 is 1. The summed E-state index contributed by atoms with van der Waals surface area (Å²) < 4.78 is 15.0. The Morgan fingerprint density at radius 2 is 1.71 bits per heavy atom. The molecule has 0 radical (unpaired) electrons. The predicted molar refractivity (Wildman–Crippen MR) is 113 cm³/mol. The van der Waals surface area contributed by atoms with Gasteiger partial charge in [-0.15, -0.1) is 0 Å². The Kier molecular flexibility index (Phi) is 8.34. The molecule has 160 valence electrons. The molecule has 0 saturated carbocycles. The minimum atomic E-state index is -0.916. The van der Waals surface area contributed by atoms with Crippen molar-refractivity contribution in [2.75, 3.05) is 19.0 Å². The molecule has 1 N–H and O–H groups in total. The number of esters is 2. The molecule has 0 saturated heterocycles. The molecule has 0 fully saturated rings. The normalized spacial score (nSPS) is 10.7. The summed E-state index contributed by atoms with van der Waals surface area (Å²) in [5.74, 6) is -1.33. The average Bonchev–Trinajstić information content (AvgIpc) is 2.76. The maximum absolute atomic E-state index is 12.1. The molecule has 0 aromatic heterocycles. The number of hydrogen-bond acceptors (Lipinski definition) is 7. The Bertz CT molecular complexity index is 1000. The van der Waals surface area contributed by atoms with Crippen LogP contribution in [0.1, 0.15) is 29.8 Å². The first-order valence-electron chi connectivity index (χ1n) is 9.36. The highest BCUT2D eigenvalue weighted by atomic mass is 16.5. The molecule has 2 aromatic carbocycles. The molecule has 0 spiro atoms. The fourth-order valence-electron chi connectivity index (χ4n) is 2.38. The van der Waals surface area contributed by atoms with Gasteiger partial charge in [0, 0.05) is 5.69 Å². The zero-order valence-corrected chi connectivity index (χ0v) is 17.4. The second-order valence-corrected chi connectivity index (χ2v) is 6.60. The second kappa shape index (κ2) is 11.2. The monoisotopic (exact) mass is 422 g/mol. The quantitative estimate of drug-likeness (QED) is 0.394. The third-order valence-corrected chi connectivity index (χ3v) is 3.85. The molecular formula is C23H22N2O6. The zero-order chi connectivity index (χ0) is 22.8. The summed E-state index contributed by atoms with van der Waals surface area (Å²) in [6.07, 6.45) is 1.12. The van der Waals surface area contributed by atoms with Crippen LogP contribution in [-0.2, 0) is 19.1 Å². The van der Waals surface area contributed by atoms with Crippen molar-refractivity contribution in [3.05, 3.63) is 65.2 Å². The molecule has 0 bridgehead atoms. The first-order valence-corrected chi connectivity index (χ1v) is 9.36. The standard InChI is InChI=1S/C23H22N2O6/c1-15(2)31-23(28)17-6-8-19(9-7-17)25-21(26)14-30-22(27)18(13-24)12-16-4-10-20(29-3)11-5-16/h4-12,15H,14H2,1-3H3,(H,25,26)/b18-12+. The van der Waals surface area contributed by atoms with E-state index in [2.05, 4.69) is 5.32 Å². The summed E-state index contributed by atoms with van der Waals surface area (Å²) in [6, 6.07) is 14.6. The summed E-state index contributed by atoms with van der Waals surface area (Å²) in [7, 11) is 1.53. The van der Waals surface area contributed by atoms with E-state index in [0.29, 0.717) is 22.6 Å². The molecule has 8 nitrogen and oxygen atoms in total. The van der Waals surface area contributed by atoms with E-state index in [1.54, 1.807) is 44.2 Å². The fourth-order valence-corrected chi connectivity index (χ4v) is 2.38. The van der Waals surface area contributed by atoms with Crippen LogP contribution in [0.4, 0.5) is 5.69 Å². The van der Waals surface area contributed by atoms with Crippen molar-refractivity contribution >= 4 is 29.6 Å². The Balaban J connectivity index is 1.90. The van der Waals surface area contributed by atoms with Crippen molar-refractivity contribution in [2.24, 2.45) is 0 Å². The number of carbonyl (C=O) groups is 3. The smallest absolute Gasteiger partial charge is 0.349 e. The van der Waals surface area contributed by atoms with Crippen LogP contribution >= 0.6 is 0 Å². The average molecular weight is 422 g/mol. The van der Waals surface area contributed by atoms with Gasteiger partial charge in [-0.2, -0.15) is 5.26 Å². The lowest BCUT2D eigenvalue weighted by atomic mass is 10.1. The largest absolute Gasteiger partial charge is 0.497 e. The Labute approximate surface area is 180 Å². The van der Waals surface area contributed by atoms with E-state index in [0.717, 1.165) is 0 Å². The van der Waals surface area contributed by atoms with Crippen LogP contribution in [0.5, 0.6) is 5.75 Å². The molecular weight excluding hydrogens is 400 g/mol. The molecule has 8 heteroatoms. The summed E-state index contributed by atoms with van der Waals surface area (Å²) >= 11 is 0. The molecule has 0 heterocycles. The molecule has 31 heavy (non-hydrogen) atoms. The van der Waals surface area contributed by atoms with Gasteiger partial charge in [0.1, 0.15) is 17.4 Å². The maximum atomic E-state index is 12.1. The first kappa shape index (κ1) is 23.2. The topological polar surface area (TPSA) is 115 Å². The van der Waals surface area contributed by atoms with E-state index >= 15 is 0 Å². The number of ether oxygens (including phenoxy) is 3. The number of carbonyl (C=O) groups excluding carboxylic acids is 3. The van der Waals surface area contributed by atoms with Gasteiger partial charge in [0.05, 0.1) is 18.8 Å². The molecule has 0 aliphatic rings. The van der Waals surface area contributed by atoms with E-state index in [-0.39, 0.29) is 11.7 Å². The van der Waals surface area contributed by atoms with Gasteiger partial charge in [-0.25, -0.2) is 9.59 Å². The van der Waals surface area contributed by atoms with Crippen LogP contribution in [0.2, 0.25) is 0 Å². The second-order valence-electron chi connectivity index (χ2n) is 6.60. The van der Waals surface area contributed by atoms with Crippen molar-refractivity contribution in [1.82, 2.24) is 0 Å². The number of anilines is 1. The van der Waals surface area contributed by atoms with E-state index in [1.165, 1.54) is 37.5 Å². The highest BCUT2D eigenvalue weighted by molar-refractivity contribution is 6.00. The lowest BCUT2D eigenvalue weighted by Gasteiger charge is -2.09. The first-order chi connectivity index (χ1) is 14.8. The van der Waals surface area contributed by atoms with Crippen molar-refractivity contribution in [3.8, 4) is 11.8 Å². The van der Waals surface area contributed by atoms with Gasteiger partial charge < -0.3 is 19.5 Å². The number of nitrogens with zero attached hydrogens (tertiary/aromatic N) is 1. The molecule has 2 rings (SSSR count). The number of amides is 1. The van der Waals surface area contributed by atoms with Crippen LogP contribution in [0.25, 0.3) is 6.08 Å². The van der Waals surface area contributed by atoms with Crippen molar-refractivity contribution in [2.45, 2.75) is 20.0 Å². The summed E-state index contributed by atoms with van der Waals surface area (Å²) in [5.41, 5.74) is 1.12. The molecule has 0 aliphatic heterocycles. The van der Waals surface area contributed by atoms with Crippen LogP contribution < -0.4 is 10.1 Å². The minimum absolute atomic E-state index is 0.237. The number of rotatable bonds is 8. The van der Waals surface area contributed by atoms with Crippen LogP contribution in [-0.4, -0.2) is 37.7 Å². The maximum Gasteiger partial charge on any atom is 0.349 e. The minimum Gasteiger partial charge on any atom is -0.497 e. The third kappa shape index (κ3) is 7.33. The molecule has 2 aromatic rings. The van der Waals surface area contributed by atoms with Gasteiger partial charge in [-0.05, 0) is 61.9 Å². The van der Waals surface area contributed by atoms with E-state index in [9.17, 15) is 19.6 Å². The lowest BCUT2D eigenvalue weighted by Crippen LogP contribution is -2.21. The van der Waals surface area contributed by atoms with Gasteiger partial charge in [0.15, 0.2) is 6.61 Å². The Morgan fingerprint density at radius 1 is 1.06 bits per heavy atom. The highest BCUT2D eigenvalue weighted by Gasteiger charge is 2.14. The number of benzene rings is 2. The zero-order valence-electron chi connectivity index (χ0n) is 17.4. The molecule has 0 unspecified atom stereocenters. The van der Waals surface area contributed by atoms with Gasteiger partial charge in [0.25, 0.3) is 5.91 Å². The third-order valence-electron chi connectivity index (χ3n) is 3.85. The van der Waals surface area contributed by atoms with Gasteiger partial charge in [-0.3, -0.25) is 4.79 Å². The Morgan fingerprint density at radius 3 is 2.26 bits per heavy atom. The number of nitriles is 1. The SMILES string of the molecule is COc1ccc(/C=C(\C#N)C(=O)OCC(=O)Nc2ccc(C(=O)OC(C)C)cc2)cc1. The van der Waals surface area contributed by atoms with Crippen molar-refractivity contribution in [1.29, 1.82) is 5.26 Å². The van der Waals surface area contributed by atoms with E-state index in [1.807, 2.05) is 0 Å². The molecule has 0 atom stereocenters. The van der Waals surface area contributed by atoms with Gasteiger partial charge in [0.2, 0.25) is 0 Å². The Hall–Kier alpha value is -4.12. The predicted octanol–water partition coefficient (Wildman–Crippen LogP) is 3.35. The summed E-state index contributed by atoms with van der Waals surface area (Å²) in [6.45, 7) is 2.92. The van der Waals surface area contributed by atoms with Crippen molar-refractivity contribution in [3.63, 3.8) is 0 Å². The van der Waals surface area contributed by atoms with E-state index in [4.69, 9.17) is 14.2 Å². The van der Waals surface area contributed by atoms with Crippen LogP contribution in [0, 0.1) is 11.3 Å². The van der Waals surface area contributed by atoms with E-state index < -0.39 is 24.5 Å². The summed E-state index contributed by atoms with van der Waals surface area (Å²) in [4.78, 5) is 35.9. The number of nitrogens with one attached hydrogen (secondary N) is 1. The van der Waals surface area contributed by atoms with Crippen LogP contribution in [0.15, 0.2) is 54.1 Å².